The number of anilines is 1. The SMILES string of the molecule is C#C[C@@H](Cc1cccc(/C=C/c2ccccc2)c1)c1cc(=O)n(C)c(N)n1. The summed E-state index contributed by atoms with van der Waals surface area (Å²) in [5.41, 5.74) is 9.43. The summed E-state index contributed by atoms with van der Waals surface area (Å²) >= 11 is 0. The topological polar surface area (TPSA) is 60.9 Å². The van der Waals surface area contributed by atoms with E-state index in [4.69, 9.17) is 12.2 Å². The zero-order valence-electron chi connectivity index (χ0n) is 15.2. The molecule has 4 heteroatoms. The van der Waals surface area contributed by atoms with Gasteiger partial charge in [-0.25, -0.2) is 4.98 Å². The zero-order chi connectivity index (χ0) is 19.2. The Hall–Kier alpha value is -3.58. The van der Waals surface area contributed by atoms with E-state index >= 15 is 0 Å². The van der Waals surface area contributed by atoms with Crippen molar-refractivity contribution in [2.45, 2.75) is 12.3 Å². The maximum atomic E-state index is 12.0. The van der Waals surface area contributed by atoms with Gasteiger partial charge in [0.2, 0.25) is 5.95 Å². The van der Waals surface area contributed by atoms with Crippen LogP contribution in [0, 0.1) is 12.3 Å². The van der Waals surface area contributed by atoms with Gasteiger partial charge in [0.15, 0.2) is 0 Å². The standard InChI is InChI=1S/C23H21N3O/c1-3-20(21-16-22(27)26(2)23(24)25-21)15-19-11-7-10-18(14-19)13-12-17-8-5-4-6-9-17/h1,4-14,16,20H,15H2,2H3,(H2,24,25)/b13-12+/t20-/m0/s1. The summed E-state index contributed by atoms with van der Waals surface area (Å²) in [5, 5.41) is 0. The molecule has 0 saturated heterocycles. The molecule has 0 bridgehead atoms. The van der Waals surface area contributed by atoms with Crippen LogP contribution in [0.25, 0.3) is 12.2 Å². The summed E-state index contributed by atoms with van der Waals surface area (Å²) < 4.78 is 1.30. The molecule has 0 aliphatic carbocycles. The van der Waals surface area contributed by atoms with E-state index in [1.54, 1.807) is 7.05 Å². The average molecular weight is 355 g/mol. The first-order valence-corrected chi connectivity index (χ1v) is 8.68. The summed E-state index contributed by atoms with van der Waals surface area (Å²) in [7, 11) is 1.59. The Labute approximate surface area is 159 Å². The Morgan fingerprint density at radius 1 is 1.11 bits per heavy atom. The first-order valence-electron chi connectivity index (χ1n) is 8.68. The van der Waals surface area contributed by atoms with Crippen LogP contribution in [0.2, 0.25) is 0 Å². The lowest BCUT2D eigenvalue weighted by Crippen LogP contribution is -2.23. The van der Waals surface area contributed by atoms with Crippen LogP contribution in [0.1, 0.15) is 28.3 Å². The van der Waals surface area contributed by atoms with E-state index in [9.17, 15) is 4.79 Å². The molecule has 0 saturated carbocycles. The second-order valence-electron chi connectivity index (χ2n) is 6.35. The molecule has 1 aromatic heterocycles. The molecule has 0 radical (unpaired) electrons. The Morgan fingerprint density at radius 3 is 2.52 bits per heavy atom. The Balaban J connectivity index is 1.81. The normalized spacial score (nSPS) is 12.0. The predicted octanol–water partition coefficient (Wildman–Crippen LogP) is 3.49. The smallest absolute Gasteiger partial charge is 0.254 e. The van der Waals surface area contributed by atoms with Crippen molar-refractivity contribution >= 4 is 18.1 Å². The van der Waals surface area contributed by atoms with Crippen LogP contribution in [0.5, 0.6) is 0 Å². The van der Waals surface area contributed by atoms with Crippen molar-refractivity contribution in [2.24, 2.45) is 7.05 Å². The van der Waals surface area contributed by atoms with E-state index in [1.165, 1.54) is 10.6 Å². The second kappa shape index (κ2) is 8.20. The van der Waals surface area contributed by atoms with Crippen LogP contribution in [0.4, 0.5) is 5.95 Å². The molecule has 1 heterocycles. The average Bonchev–Trinajstić information content (AvgIpc) is 2.69. The van der Waals surface area contributed by atoms with Crippen LogP contribution in [-0.4, -0.2) is 9.55 Å². The maximum Gasteiger partial charge on any atom is 0.254 e. The third-order valence-corrected chi connectivity index (χ3v) is 4.41. The van der Waals surface area contributed by atoms with Crippen molar-refractivity contribution in [2.75, 3.05) is 5.73 Å². The van der Waals surface area contributed by atoms with Gasteiger partial charge in [0, 0.05) is 13.1 Å². The van der Waals surface area contributed by atoms with Gasteiger partial charge in [-0.1, -0.05) is 72.7 Å². The molecular formula is C23H21N3O. The second-order valence-corrected chi connectivity index (χ2v) is 6.35. The molecule has 3 aromatic rings. The van der Waals surface area contributed by atoms with Crippen molar-refractivity contribution < 1.29 is 0 Å². The van der Waals surface area contributed by atoms with Gasteiger partial charge in [-0.3, -0.25) is 9.36 Å². The number of benzene rings is 2. The van der Waals surface area contributed by atoms with Crippen molar-refractivity contribution in [3.63, 3.8) is 0 Å². The minimum Gasteiger partial charge on any atom is -0.369 e. The van der Waals surface area contributed by atoms with Gasteiger partial charge in [-0.15, -0.1) is 6.42 Å². The number of nitrogens with two attached hydrogens (primary N) is 1. The molecule has 2 aromatic carbocycles. The van der Waals surface area contributed by atoms with Crippen LogP contribution in [-0.2, 0) is 13.5 Å². The van der Waals surface area contributed by atoms with Crippen LogP contribution >= 0.6 is 0 Å². The Kier molecular flexibility index (Phi) is 5.53. The summed E-state index contributed by atoms with van der Waals surface area (Å²) in [6.45, 7) is 0. The minimum atomic E-state index is -0.311. The molecule has 0 spiro atoms. The van der Waals surface area contributed by atoms with Crippen LogP contribution < -0.4 is 11.3 Å². The van der Waals surface area contributed by atoms with Gasteiger partial charge in [-0.05, 0) is 23.1 Å². The molecule has 0 aliphatic rings. The van der Waals surface area contributed by atoms with Crippen molar-refractivity contribution in [3.05, 3.63) is 93.4 Å². The fraction of sp³-hybridized carbons (Fsp3) is 0.130. The molecule has 2 N–H and O–H groups in total. The summed E-state index contributed by atoms with van der Waals surface area (Å²) in [6.07, 6.45) is 10.4. The van der Waals surface area contributed by atoms with Crippen molar-refractivity contribution in [1.82, 2.24) is 9.55 Å². The van der Waals surface area contributed by atoms with E-state index in [0.29, 0.717) is 12.1 Å². The highest BCUT2D eigenvalue weighted by Gasteiger charge is 2.14. The Bertz CT molecular complexity index is 1060. The predicted molar refractivity (Wildman–Crippen MR) is 111 cm³/mol. The summed E-state index contributed by atoms with van der Waals surface area (Å²) in [5.74, 6) is 2.59. The van der Waals surface area contributed by atoms with Crippen LogP contribution in [0.15, 0.2) is 65.5 Å². The van der Waals surface area contributed by atoms with E-state index in [0.717, 1.165) is 16.7 Å². The maximum absolute atomic E-state index is 12.0. The highest BCUT2D eigenvalue weighted by Crippen LogP contribution is 2.20. The van der Waals surface area contributed by atoms with E-state index in [1.807, 2.05) is 36.4 Å². The molecule has 0 aliphatic heterocycles. The summed E-state index contributed by atoms with van der Waals surface area (Å²) in [6, 6.07) is 19.7. The molecule has 27 heavy (non-hydrogen) atoms. The molecule has 134 valence electrons. The molecular weight excluding hydrogens is 334 g/mol. The largest absolute Gasteiger partial charge is 0.369 e. The van der Waals surface area contributed by atoms with E-state index in [2.05, 4.69) is 41.3 Å². The fourth-order valence-electron chi connectivity index (χ4n) is 2.82. The fourth-order valence-corrected chi connectivity index (χ4v) is 2.82. The number of nitrogen functional groups attached to an aromatic ring is 1. The molecule has 0 amide bonds. The number of terminal acetylenes is 1. The third kappa shape index (κ3) is 4.53. The van der Waals surface area contributed by atoms with E-state index < -0.39 is 0 Å². The van der Waals surface area contributed by atoms with Gasteiger partial charge in [0.05, 0.1) is 11.6 Å². The van der Waals surface area contributed by atoms with Gasteiger partial charge in [0.1, 0.15) is 0 Å². The number of aromatic nitrogens is 2. The quantitative estimate of drug-likeness (QED) is 0.563. The number of hydrogen-bond donors (Lipinski definition) is 1. The summed E-state index contributed by atoms with van der Waals surface area (Å²) in [4.78, 5) is 16.3. The highest BCUT2D eigenvalue weighted by molar-refractivity contribution is 5.69. The number of nitrogens with zero attached hydrogens (tertiary/aromatic N) is 2. The highest BCUT2D eigenvalue weighted by atomic mass is 16.1. The van der Waals surface area contributed by atoms with Gasteiger partial charge >= 0.3 is 0 Å². The van der Waals surface area contributed by atoms with Gasteiger partial charge in [0.25, 0.3) is 5.56 Å². The number of rotatable bonds is 5. The van der Waals surface area contributed by atoms with Gasteiger partial charge in [-0.2, -0.15) is 0 Å². The Morgan fingerprint density at radius 2 is 1.81 bits per heavy atom. The lowest BCUT2D eigenvalue weighted by atomic mass is 9.95. The first kappa shape index (κ1) is 18.2. The minimum absolute atomic E-state index is 0.164. The van der Waals surface area contributed by atoms with E-state index in [-0.39, 0.29) is 17.4 Å². The molecule has 0 fully saturated rings. The first-order chi connectivity index (χ1) is 13.1. The number of hydrogen-bond acceptors (Lipinski definition) is 3. The zero-order valence-corrected chi connectivity index (χ0v) is 15.2. The molecule has 1 atom stereocenters. The molecule has 0 unspecified atom stereocenters. The van der Waals surface area contributed by atoms with Crippen LogP contribution in [0.3, 0.4) is 0 Å². The van der Waals surface area contributed by atoms with Crippen molar-refractivity contribution in [3.8, 4) is 12.3 Å². The van der Waals surface area contributed by atoms with Gasteiger partial charge < -0.3 is 5.73 Å². The molecule has 4 nitrogen and oxygen atoms in total. The lowest BCUT2D eigenvalue weighted by molar-refractivity contribution is 0.773. The lowest BCUT2D eigenvalue weighted by Gasteiger charge is -2.12. The third-order valence-electron chi connectivity index (χ3n) is 4.41. The monoisotopic (exact) mass is 355 g/mol. The molecule has 3 rings (SSSR count). The van der Waals surface area contributed by atoms with Crippen molar-refractivity contribution in [1.29, 1.82) is 0 Å².